The predicted octanol–water partition coefficient (Wildman–Crippen LogP) is 8.36. The number of ether oxygens (including phenoxy) is 2. The number of hydrogen-bond donors (Lipinski definition) is 0. The highest BCUT2D eigenvalue weighted by molar-refractivity contribution is 6.32. The third-order valence-electron chi connectivity index (χ3n) is 6.80. The molecule has 0 amide bonds. The molecule has 0 fully saturated rings. The third kappa shape index (κ3) is 6.53. The van der Waals surface area contributed by atoms with Crippen LogP contribution in [0.3, 0.4) is 0 Å². The number of methoxy groups -OCH3 is 2. The molecule has 0 aliphatic carbocycles. The second-order valence-corrected chi connectivity index (χ2v) is 9.67. The van der Waals surface area contributed by atoms with Crippen LogP contribution in [-0.2, 0) is 6.42 Å². The Morgan fingerprint density at radius 2 is 1.48 bits per heavy atom. The molecule has 33 heavy (non-hydrogen) atoms. The molecule has 0 spiro atoms. The van der Waals surface area contributed by atoms with Crippen molar-refractivity contribution in [1.82, 2.24) is 0 Å². The zero-order valence-corrected chi connectivity index (χ0v) is 21.7. The molecule has 0 N–H and O–H groups in total. The summed E-state index contributed by atoms with van der Waals surface area (Å²) in [6.45, 7) is 4.57. The van der Waals surface area contributed by atoms with E-state index in [1.807, 2.05) is 12.1 Å². The van der Waals surface area contributed by atoms with Crippen LogP contribution in [0.2, 0.25) is 5.02 Å². The zero-order valence-electron chi connectivity index (χ0n) is 21.0. The number of fused-ring (bicyclic) bond motifs is 1. The minimum absolute atomic E-state index is 0.323. The molecule has 0 aromatic heterocycles. The second-order valence-electron chi connectivity index (χ2n) is 9.26. The molecule has 3 rings (SSSR count). The van der Waals surface area contributed by atoms with E-state index >= 15 is 0 Å². The van der Waals surface area contributed by atoms with Crippen LogP contribution in [0.25, 0.3) is 0 Å². The maximum Gasteiger partial charge on any atom is 0.224 e. The van der Waals surface area contributed by atoms with Gasteiger partial charge in [0.2, 0.25) is 5.69 Å². The van der Waals surface area contributed by atoms with Gasteiger partial charge in [0.15, 0.2) is 23.3 Å². The van der Waals surface area contributed by atoms with Crippen molar-refractivity contribution in [2.45, 2.75) is 90.5 Å². The van der Waals surface area contributed by atoms with E-state index in [9.17, 15) is 0 Å². The number of para-hydroxylation sites is 1. The van der Waals surface area contributed by atoms with Crippen LogP contribution in [0.1, 0.15) is 89.2 Å². The van der Waals surface area contributed by atoms with Crippen LogP contribution in [0.4, 0.5) is 5.69 Å². The van der Waals surface area contributed by atoms with E-state index in [0.717, 1.165) is 35.1 Å². The first kappa shape index (κ1) is 25.6. The van der Waals surface area contributed by atoms with Crippen molar-refractivity contribution < 1.29 is 14.0 Å². The quantitative estimate of drug-likeness (QED) is 0.216. The average molecular weight is 471 g/mol. The smallest absolute Gasteiger partial charge is 0.224 e. The summed E-state index contributed by atoms with van der Waals surface area (Å²) in [5.74, 6) is 1.59. The summed E-state index contributed by atoms with van der Waals surface area (Å²) in [7, 11) is 3.42. The Morgan fingerprint density at radius 1 is 0.879 bits per heavy atom. The molecule has 1 heterocycles. The molecule has 1 aliphatic heterocycles. The number of unbranched alkanes of at least 4 members (excludes halogenated alkanes) is 8. The van der Waals surface area contributed by atoms with Crippen LogP contribution in [0, 0.1) is 0 Å². The zero-order chi connectivity index (χ0) is 23.6. The Labute approximate surface area is 205 Å². The minimum atomic E-state index is 0.323. The lowest BCUT2D eigenvalue weighted by Crippen LogP contribution is -2.34. The number of benzene rings is 2. The van der Waals surface area contributed by atoms with Gasteiger partial charge in [0.1, 0.15) is 5.02 Å². The number of nitrogens with zero attached hydrogens (tertiary/aromatic N) is 1. The van der Waals surface area contributed by atoms with E-state index in [1.54, 1.807) is 14.2 Å². The third-order valence-corrected chi connectivity index (χ3v) is 7.12. The summed E-state index contributed by atoms with van der Waals surface area (Å²) in [5, 5.41) is 0.804. The summed E-state index contributed by atoms with van der Waals surface area (Å²) in [6.07, 6.45) is 14.0. The number of hydrogen-bond acceptors (Lipinski definition) is 2. The van der Waals surface area contributed by atoms with Crippen LogP contribution in [0.15, 0.2) is 36.4 Å². The molecular formula is C29H41ClNO2+. The highest BCUT2D eigenvalue weighted by Crippen LogP contribution is 2.37. The molecule has 0 radical (unpaired) electrons. The van der Waals surface area contributed by atoms with Gasteiger partial charge >= 0.3 is 0 Å². The van der Waals surface area contributed by atoms with Gasteiger partial charge in [-0.3, -0.25) is 0 Å². The van der Waals surface area contributed by atoms with Crippen molar-refractivity contribution in [3.05, 3.63) is 52.5 Å². The van der Waals surface area contributed by atoms with Gasteiger partial charge in [-0.15, -0.1) is 0 Å². The summed E-state index contributed by atoms with van der Waals surface area (Å²) in [5.41, 5.74) is 5.04. The van der Waals surface area contributed by atoms with E-state index in [4.69, 9.17) is 21.1 Å². The Balaban J connectivity index is 1.83. The monoisotopic (exact) mass is 470 g/mol. The van der Waals surface area contributed by atoms with Crippen LogP contribution < -0.4 is 9.47 Å². The lowest BCUT2D eigenvalue weighted by Gasteiger charge is -2.25. The fourth-order valence-electron chi connectivity index (χ4n) is 5.05. The van der Waals surface area contributed by atoms with Gasteiger partial charge in [-0.05, 0) is 37.1 Å². The lowest BCUT2D eigenvalue weighted by atomic mass is 9.89. The molecular weight excluding hydrogens is 430 g/mol. The summed E-state index contributed by atoms with van der Waals surface area (Å²) < 4.78 is 13.7. The molecule has 0 bridgehead atoms. The molecule has 0 saturated heterocycles. The van der Waals surface area contributed by atoms with E-state index in [-0.39, 0.29) is 0 Å². The summed E-state index contributed by atoms with van der Waals surface area (Å²) in [6, 6.07) is 12.9. The molecule has 2 aromatic carbocycles. The van der Waals surface area contributed by atoms with E-state index in [0.29, 0.717) is 6.04 Å². The lowest BCUT2D eigenvalue weighted by molar-refractivity contribution is -0.482. The van der Waals surface area contributed by atoms with Gasteiger partial charge in [0, 0.05) is 24.5 Å². The second kappa shape index (κ2) is 13.0. The summed E-state index contributed by atoms with van der Waals surface area (Å²) in [4.78, 5) is 0. The molecule has 3 nitrogen and oxygen atoms in total. The van der Waals surface area contributed by atoms with Gasteiger partial charge in [-0.25, -0.2) is 0 Å². The van der Waals surface area contributed by atoms with Gasteiger partial charge in [0.05, 0.1) is 14.2 Å². The molecule has 4 heteroatoms. The van der Waals surface area contributed by atoms with Gasteiger partial charge < -0.3 is 9.47 Å². The fraction of sp³-hybridized carbons (Fsp3) is 0.552. The maximum atomic E-state index is 6.68. The Morgan fingerprint density at radius 3 is 2.12 bits per heavy atom. The first-order chi connectivity index (χ1) is 16.1. The Hall–Kier alpha value is -2.00. The van der Waals surface area contributed by atoms with Crippen LogP contribution in [-0.4, -0.2) is 30.5 Å². The van der Waals surface area contributed by atoms with Gasteiger partial charge in [0.25, 0.3) is 0 Å². The maximum absolute atomic E-state index is 6.68. The fourth-order valence-corrected chi connectivity index (χ4v) is 5.28. The van der Waals surface area contributed by atoms with Crippen molar-refractivity contribution in [2.24, 2.45) is 0 Å². The average Bonchev–Trinajstić information content (AvgIpc) is 2.82. The van der Waals surface area contributed by atoms with E-state index in [2.05, 4.69) is 42.7 Å². The van der Waals surface area contributed by atoms with Crippen molar-refractivity contribution in [3.8, 4) is 11.5 Å². The number of halogens is 1. The molecule has 1 atom stereocenters. The predicted molar refractivity (Wildman–Crippen MR) is 140 cm³/mol. The molecule has 0 saturated carbocycles. The van der Waals surface area contributed by atoms with Crippen LogP contribution in [0.5, 0.6) is 11.5 Å². The van der Waals surface area contributed by atoms with Crippen molar-refractivity contribution >= 4 is 23.0 Å². The number of rotatable bonds is 13. The molecule has 1 unspecified atom stereocenters. The highest BCUT2D eigenvalue weighted by atomic mass is 35.5. The normalized spacial score (nSPS) is 15.5. The van der Waals surface area contributed by atoms with Crippen molar-refractivity contribution in [3.63, 3.8) is 0 Å². The molecule has 180 valence electrons. The van der Waals surface area contributed by atoms with E-state index in [1.165, 1.54) is 74.6 Å². The first-order valence-corrected chi connectivity index (χ1v) is 13.1. The highest BCUT2D eigenvalue weighted by Gasteiger charge is 2.34. The van der Waals surface area contributed by atoms with E-state index < -0.39 is 0 Å². The van der Waals surface area contributed by atoms with Gasteiger partial charge in [-0.2, -0.15) is 4.58 Å². The SMILES string of the molecule is CCCCCCCCCCCC1=[N+](c2ccccc2Cl)C(C)Cc2cc(OC)c(OC)cc21. The Bertz CT molecular complexity index is 937. The topological polar surface area (TPSA) is 21.5 Å². The van der Waals surface area contributed by atoms with Crippen molar-refractivity contribution in [1.29, 1.82) is 0 Å². The standard InChI is InChI=1S/C29H41ClNO2/c1-5-6-7-8-9-10-11-12-13-17-26-24-21-29(33-4)28(32-3)20-23(24)19-22(2)31(26)27-18-15-14-16-25(27)30/h14-16,18,20-22H,5-13,17,19H2,1-4H3/q+1. The minimum Gasteiger partial charge on any atom is -0.493 e. The van der Waals surface area contributed by atoms with Gasteiger partial charge in [-0.1, -0.05) is 82.0 Å². The Kier molecular flexibility index (Phi) is 10.1. The first-order valence-electron chi connectivity index (χ1n) is 12.8. The summed E-state index contributed by atoms with van der Waals surface area (Å²) >= 11 is 6.68. The largest absolute Gasteiger partial charge is 0.493 e. The molecule has 2 aromatic rings. The molecule has 1 aliphatic rings. The van der Waals surface area contributed by atoms with Crippen molar-refractivity contribution in [2.75, 3.05) is 14.2 Å². The van der Waals surface area contributed by atoms with Crippen LogP contribution >= 0.6 is 11.6 Å².